The number of carbonyl (C=O) groups excluding carboxylic acids is 1. The van der Waals surface area contributed by atoms with Crippen molar-refractivity contribution in [3.8, 4) is 0 Å². The van der Waals surface area contributed by atoms with Crippen molar-refractivity contribution >= 4 is 22.0 Å². The maximum Gasteiger partial charge on any atom is 0.244 e. The van der Waals surface area contributed by atoms with Crippen LogP contribution in [0.3, 0.4) is 0 Å². The molecule has 3 rings (SSSR count). The van der Waals surface area contributed by atoms with Crippen molar-refractivity contribution in [2.45, 2.75) is 43.5 Å². The zero-order chi connectivity index (χ0) is 21.6. The standard InChI is InChI=1S/C23H27FN2O3S/c1-2-25-30(28,29)21-14-7-17(8-15-21)9-16-22(27)26-23(18-5-3-4-6-18)19-10-12-20(24)13-11-19/h7-16,18,23,25H,2-6H2,1H3,(H,26,27). The van der Waals surface area contributed by atoms with Gasteiger partial charge in [-0.25, -0.2) is 17.5 Å². The molecule has 1 atom stereocenters. The Kier molecular flexibility index (Phi) is 7.39. The van der Waals surface area contributed by atoms with Crippen LogP contribution in [-0.2, 0) is 14.8 Å². The Hall–Kier alpha value is -2.51. The molecule has 2 aromatic carbocycles. The summed E-state index contributed by atoms with van der Waals surface area (Å²) in [5.41, 5.74) is 1.63. The first-order valence-electron chi connectivity index (χ1n) is 10.2. The molecule has 2 aromatic rings. The molecule has 1 saturated carbocycles. The van der Waals surface area contributed by atoms with Crippen molar-refractivity contribution in [1.29, 1.82) is 0 Å². The van der Waals surface area contributed by atoms with Crippen LogP contribution in [0, 0.1) is 11.7 Å². The lowest BCUT2D eigenvalue weighted by Crippen LogP contribution is -2.31. The van der Waals surface area contributed by atoms with Crippen molar-refractivity contribution in [1.82, 2.24) is 10.0 Å². The van der Waals surface area contributed by atoms with Crippen molar-refractivity contribution in [2.75, 3.05) is 6.54 Å². The SMILES string of the molecule is CCNS(=O)(=O)c1ccc(C=CC(=O)NC(c2ccc(F)cc2)C2CCCC2)cc1. The number of rotatable bonds is 8. The van der Waals surface area contributed by atoms with Gasteiger partial charge in [-0.2, -0.15) is 0 Å². The fourth-order valence-corrected chi connectivity index (χ4v) is 4.88. The highest BCUT2D eigenvalue weighted by atomic mass is 32.2. The molecule has 1 unspecified atom stereocenters. The molecular weight excluding hydrogens is 403 g/mol. The Labute approximate surface area is 177 Å². The summed E-state index contributed by atoms with van der Waals surface area (Å²) in [6.45, 7) is 2.04. The van der Waals surface area contributed by atoms with Gasteiger partial charge in [-0.1, -0.05) is 44.0 Å². The van der Waals surface area contributed by atoms with Crippen molar-refractivity contribution in [2.24, 2.45) is 5.92 Å². The molecule has 0 saturated heterocycles. The zero-order valence-electron chi connectivity index (χ0n) is 17.0. The molecule has 0 aromatic heterocycles. The van der Waals surface area contributed by atoms with Gasteiger partial charge in [0.25, 0.3) is 0 Å². The maximum atomic E-state index is 13.3. The average Bonchev–Trinajstić information content (AvgIpc) is 3.26. The molecule has 0 bridgehead atoms. The molecule has 5 nitrogen and oxygen atoms in total. The third-order valence-corrected chi connectivity index (χ3v) is 6.91. The topological polar surface area (TPSA) is 75.3 Å². The van der Waals surface area contributed by atoms with E-state index in [9.17, 15) is 17.6 Å². The quantitative estimate of drug-likeness (QED) is 0.617. The van der Waals surface area contributed by atoms with Gasteiger partial charge >= 0.3 is 0 Å². The Morgan fingerprint density at radius 2 is 1.73 bits per heavy atom. The van der Waals surface area contributed by atoms with E-state index >= 15 is 0 Å². The van der Waals surface area contributed by atoms with Crippen molar-refractivity contribution < 1.29 is 17.6 Å². The van der Waals surface area contributed by atoms with Crippen LogP contribution in [0.4, 0.5) is 4.39 Å². The number of halogens is 1. The molecule has 0 radical (unpaired) electrons. The van der Waals surface area contributed by atoms with Gasteiger partial charge in [0.05, 0.1) is 10.9 Å². The number of hydrogen-bond donors (Lipinski definition) is 2. The fourth-order valence-electron chi connectivity index (χ4n) is 3.84. The van der Waals surface area contributed by atoms with Gasteiger partial charge in [0.1, 0.15) is 5.82 Å². The van der Waals surface area contributed by atoms with Crippen LogP contribution in [0.5, 0.6) is 0 Å². The third-order valence-electron chi connectivity index (χ3n) is 5.35. The molecule has 7 heteroatoms. The molecule has 30 heavy (non-hydrogen) atoms. The zero-order valence-corrected chi connectivity index (χ0v) is 17.8. The van der Waals surface area contributed by atoms with E-state index < -0.39 is 10.0 Å². The van der Waals surface area contributed by atoms with Crippen LogP contribution in [0.25, 0.3) is 6.08 Å². The number of carbonyl (C=O) groups is 1. The maximum absolute atomic E-state index is 13.3. The predicted octanol–water partition coefficient (Wildman–Crippen LogP) is 4.18. The second-order valence-corrected chi connectivity index (χ2v) is 9.25. The smallest absolute Gasteiger partial charge is 0.244 e. The van der Waals surface area contributed by atoms with Crippen LogP contribution in [0.1, 0.15) is 49.8 Å². The van der Waals surface area contributed by atoms with Crippen LogP contribution in [0.2, 0.25) is 0 Å². The largest absolute Gasteiger partial charge is 0.345 e. The van der Waals surface area contributed by atoms with Crippen LogP contribution in [0.15, 0.2) is 59.5 Å². The van der Waals surface area contributed by atoms with E-state index in [4.69, 9.17) is 0 Å². The normalized spacial score (nSPS) is 16.1. The van der Waals surface area contributed by atoms with Crippen molar-refractivity contribution in [3.05, 3.63) is 71.6 Å². The summed E-state index contributed by atoms with van der Waals surface area (Å²) in [7, 11) is -3.50. The lowest BCUT2D eigenvalue weighted by atomic mass is 9.91. The number of sulfonamides is 1. The molecule has 2 N–H and O–H groups in total. The Morgan fingerprint density at radius 3 is 2.33 bits per heavy atom. The molecule has 1 aliphatic carbocycles. The van der Waals surface area contributed by atoms with Gasteiger partial charge in [-0.3, -0.25) is 4.79 Å². The highest BCUT2D eigenvalue weighted by Crippen LogP contribution is 2.35. The van der Waals surface area contributed by atoms with Gasteiger partial charge in [-0.15, -0.1) is 0 Å². The third kappa shape index (κ3) is 5.77. The van der Waals surface area contributed by atoms with E-state index in [1.807, 2.05) is 0 Å². The first-order chi connectivity index (χ1) is 14.4. The van der Waals surface area contributed by atoms with E-state index in [0.717, 1.165) is 36.8 Å². The highest BCUT2D eigenvalue weighted by molar-refractivity contribution is 7.89. The predicted molar refractivity (Wildman–Crippen MR) is 116 cm³/mol. The summed E-state index contributed by atoms with van der Waals surface area (Å²) in [5.74, 6) is -0.196. The van der Waals surface area contributed by atoms with E-state index in [-0.39, 0.29) is 22.7 Å². The van der Waals surface area contributed by atoms with Gasteiger partial charge in [0.15, 0.2) is 0 Å². The highest BCUT2D eigenvalue weighted by Gasteiger charge is 2.27. The number of nitrogens with one attached hydrogen (secondary N) is 2. The Balaban J connectivity index is 1.69. The Bertz CT molecular complexity index is 980. The van der Waals surface area contributed by atoms with E-state index in [1.54, 1.807) is 37.3 Å². The van der Waals surface area contributed by atoms with E-state index in [1.165, 1.54) is 30.3 Å². The molecule has 1 fully saturated rings. The Morgan fingerprint density at radius 1 is 1.10 bits per heavy atom. The minimum atomic E-state index is -3.50. The summed E-state index contributed by atoms with van der Waals surface area (Å²) < 4.78 is 39.7. The lowest BCUT2D eigenvalue weighted by molar-refractivity contribution is -0.117. The lowest BCUT2D eigenvalue weighted by Gasteiger charge is -2.24. The van der Waals surface area contributed by atoms with Crippen LogP contribution in [-0.4, -0.2) is 20.9 Å². The molecule has 1 amide bonds. The van der Waals surface area contributed by atoms with Gasteiger partial charge in [0, 0.05) is 12.6 Å². The van der Waals surface area contributed by atoms with Gasteiger partial charge < -0.3 is 5.32 Å². The molecule has 0 heterocycles. The second-order valence-electron chi connectivity index (χ2n) is 7.49. The molecule has 160 valence electrons. The minimum Gasteiger partial charge on any atom is -0.345 e. The van der Waals surface area contributed by atoms with E-state index in [0.29, 0.717) is 12.5 Å². The number of hydrogen-bond acceptors (Lipinski definition) is 3. The van der Waals surface area contributed by atoms with E-state index in [2.05, 4.69) is 10.0 Å². The monoisotopic (exact) mass is 430 g/mol. The van der Waals surface area contributed by atoms with Crippen LogP contribution < -0.4 is 10.0 Å². The first-order valence-corrected chi connectivity index (χ1v) is 11.7. The molecular formula is C23H27FN2O3S. The summed E-state index contributed by atoms with van der Waals surface area (Å²) in [4.78, 5) is 12.7. The second kappa shape index (κ2) is 10.00. The summed E-state index contributed by atoms with van der Waals surface area (Å²) in [6.07, 6.45) is 7.43. The van der Waals surface area contributed by atoms with Crippen molar-refractivity contribution in [3.63, 3.8) is 0 Å². The molecule has 0 aliphatic heterocycles. The first kappa shape index (κ1) is 22.2. The minimum absolute atomic E-state index is 0.155. The molecule has 1 aliphatic rings. The van der Waals surface area contributed by atoms with Gasteiger partial charge in [-0.05, 0) is 60.2 Å². The number of benzene rings is 2. The summed E-state index contributed by atoms with van der Waals surface area (Å²) >= 11 is 0. The average molecular weight is 431 g/mol. The molecule has 0 spiro atoms. The number of amides is 1. The summed E-state index contributed by atoms with van der Waals surface area (Å²) in [6, 6.07) is 12.5. The fraction of sp³-hybridized carbons (Fsp3) is 0.348. The van der Waals surface area contributed by atoms with Crippen LogP contribution >= 0.6 is 0 Å². The van der Waals surface area contributed by atoms with Gasteiger partial charge in [0.2, 0.25) is 15.9 Å². The summed E-state index contributed by atoms with van der Waals surface area (Å²) in [5, 5.41) is 3.06.